The second kappa shape index (κ2) is 8.50. The van der Waals surface area contributed by atoms with Crippen LogP contribution in [0.2, 0.25) is 0 Å². The van der Waals surface area contributed by atoms with Gasteiger partial charge in [-0.25, -0.2) is 9.87 Å². The van der Waals surface area contributed by atoms with Gasteiger partial charge < -0.3 is 19.4 Å². The first kappa shape index (κ1) is 22.5. The maximum absolute atomic E-state index is 14.6. The van der Waals surface area contributed by atoms with Gasteiger partial charge in [-0.05, 0) is 50.8 Å². The highest BCUT2D eigenvalue weighted by molar-refractivity contribution is 9.10. The highest BCUT2D eigenvalue weighted by atomic mass is 79.9. The van der Waals surface area contributed by atoms with Gasteiger partial charge in [-0.15, -0.1) is 0 Å². The summed E-state index contributed by atoms with van der Waals surface area (Å²) in [5.41, 5.74) is 3.03. The maximum Gasteiger partial charge on any atom is 0.278 e. The van der Waals surface area contributed by atoms with Crippen molar-refractivity contribution in [2.75, 3.05) is 11.9 Å². The number of hydrogen-bond acceptors (Lipinski definition) is 6. The number of nitrogens with zero attached hydrogens (tertiary/aromatic N) is 1. The van der Waals surface area contributed by atoms with Crippen LogP contribution in [0.4, 0.5) is 15.8 Å². The van der Waals surface area contributed by atoms with Crippen LogP contribution in [0.25, 0.3) is 0 Å². The van der Waals surface area contributed by atoms with E-state index in [2.05, 4.69) is 26.7 Å². The molecule has 0 bridgehead atoms. The standard InChI is InChI=1S/C23H25BrFN3O5/c1-23(2)32-17-10-28-18(29)9-16(26-15-7-6-13(24)8-14(15)25)19(20(28)21(17)33-23)22(30)27-31-11-12-4-3-5-12/h6-9,12,17,21,26H,3-5,10-11H2,1-2H3,(H,27,30)/t17-,21-/m1/s1. The molecule has 1 saturated heterocycles. The van der Waals surface area contributed by atoms with Crippen LogP contribution < -0.4 is 16.4 Å². The topological polar surface area (TPSA) is 90.8 Å². The molecule has 1 aliphatic carbocycles. The fourth-order valence-electron chi connectivity index (χ4n) is 4.54. The lowest BCUT2D eigenvalue weighted by Gasteiger charge is -2.25. The van der Waals surface area contributed by atoms with Crippen LogP contribution >= 0.6 is 15.9 Å². The molecule has 0 radical (unpaired) electrons. The molecule has 8 nitrogen and oxygen atoms in total. The number of pyridine rings is 1. The van der Waals surface area contributed by atoms with E-state index in [9.17, 15) is 14.0 Å². The predicted octanol–water partition coefficient (Wildman–Crippen LogP) is 4.16. The third kappa shape index (κ3) is 4.32. The van der Waals surface area contributed by atoms with Crippen LogP contribution in [0.15, 0.2) is 33.5 Å². The van der Waals surface area contributed by atoms with E-state index in [0.717, 1.165) is 12.8 Å². The van der Waals surface area contributed by atoms with E-state index in [1.165, 1.54) is 29.2 Å². The minimum atomic E-state index is -0.855. The summed E-state index contributed by atoms with van der Waals surface area (Å²) in [7, 11) is 0. The normalized spacial score (nSPS) is 23.0. The average molecular weight is 522 g/mol. The largest absolute Gasteiger partial charge is 0.352 e. The van der Waals surface area contributed by atoms with E-state index in [4.69, 9.17) is 14.3 Å². The number of rotatable bonds is 6. The molecule has 2 N–H and O–H groups in total. The minimum absolute atomic E-state index is 0.130. The zero-order valence-electron chi connectivity index (χ0n) is 18.3. The van der Waals surface area contributed by atoms with Gasteiger partial charge in [0.25, 0.3) is 11.5 Å². The molecule has 2 aliphatic heterocycles. The number of hydrogen-bond donors (Lipinski definition) is 2. The van der Waals surface area contributed by atoms with Gasteiger partial charge in [0.1, 0.15) is 18.0 Å². The maximum atomic E-state index is 14.6. The molecule has 1 aromatic heterocycles. The first-order chi connectivity index (χ1) is 15.7. The van der Waals surface area contributed by atoms with Gasteiger partial charge in [-0.2, -0.15) is 0 Å². The average Bonchev–Trinajstić information content (AvgIpc) is 3.18. The van der Waals surface area contributed by atoms with Crippen LogP contribution in [0.1, 0.15) is 55.3 Å². The Hall–Kier alpha value is -2.27. The first-order valence-electron chi connectivity index (χ1n) is 11.0. The second-order valence-corrected chi connectivity index (χ2v) is 10.1. The third-order valence-electron chi connectivity index (χ3n) is 6.30. The number of fused-ring (bicyclic) bond motifs is 3. The SMILES string of the molecule is CC1(C)O[C@@H]2Cn3c(c(C(=O)NOCC4CCC4)c(Nc4ccc(Br)cc4F)cc3=O)[C@@H]2O1. The molecule has 5 rings (SSSR count). The molecule has 2 fully saturated rings. The van der Waals surface area contributed by atoms with Crippen molar-refractivity contribution in [1.82, 2.24) is 10.0 Å². The fraction of sp³-hybridized carbons (Fsp3) is 0.478. The minimum Gasteiger partial charge on any atom is -0.352 e. The molecule has 0 spiro atoms. The number of aromatic nitrogens is 1. The van der Waals surface area contributed by atoms with Crippen molar-refractivity contribution in [2.45, 2.75) is 57.6 Å². The molecule has 3 heterocycles. The molecule has 1 aromatic carbocycles. The molecule has 2 aromatic rings. The number of nitrogens with one attached hydrogen (secondary N) is 2. The molecule has 10 heteroatoms. The van der Waals surface area contributed by atoms with Gasteiger partial charge in [-0.3, -0.25) is 14.4 Å². The van der Waals surface area contributed by atoms with E-state index in [-0.39, 0.29) is 29.0 Å². The summed E-state index contributed by atoms with van der Waals surface area (Å²) in [5, 5.41) is 2.92. The summed E-state index contributed by atoms with van der Waals surface area (Å²) in [6.45, 7) is 4.25. The van der Waals surface area contributed by atoms with Gasteiger partial charge in [0, 0.05) is 10.5 Å². The van der Waals surface area contributed by atoms with Crippen molar-refractivity contribution in [2.24, 2.45) is 5.92 Å². The summed E-state index contributed by atoms with van der Waals surface area (Å²) >= 11 is 3.23. The van der Waals surface area contributed by atoms with Crippen molar-refractivity contribution in [3.63, 3.8) is 0 Å². The molecule has 2 atom stereocenters. The molecular weight excluding hydrogens is 497 g/mol. The second-order valence-electron chi connectivity index (χ2n) is 9.15. The lowest BCUT2D eigenvalue weighted by atomic mass is 9.86. The van der Waals surface area contributed by atoms with Gasteiger partial charge in [0.2, 0.25) is 0 Å². The monoisotopic (exact) mass is 521 g/mol. The van der Waals surface area contributed by atoms with E-state index in [0.29, 0.717) is 22.7 Å². The van der Waals surface area contributed by atoms with Crippen LogP contribution in [0, 0.1) is 11.7 Å². The van der Waals surface area contributed by atoms with Gasteiger partial charge >= 0.3 is 0 Å². The van der Waals surface area contributed by atoms with Crippen molar-refractivity contribution in [3.05, 3.63) is 56.2 Å². The van der Waals surface area contributed by atoms with E-state index >= 15 is 0 Å². The molecular formula is C23H25BrFN3O5. The summed E-state index contributed by atoms with van der Waals surface area (Å²) in [5.74, 6) is -1.49. The van der Waals surface area contributed by atoms with E-state index < -0.39 is 29.7 Å². The first-order valence-corrected chi connectivity index (χ1v) is 11.8. The summed E-state index contributed by atoms with van der Waals surface area (Å²) < 4.78 is 28.6. The molecule has 33 heavy (non-hydrogen) atoms. The van der Waals surface area contributed by atoms with Crippen molar-refractivity contribution >= 4 is 33.2 Å². The number of hydroxylamine groups is 1. The van der Waals surface area contributed by atoms with Crippen LogP contribution in [-0.2, 0) is 20.9 Å². The predicted molar refractivity (Wildman–Crippen MR) is 122 cm³/mol. The number of amides is 1. The summed E-state index contributed by atoms with van der Waals surface area (Å²) in [4.78, 5) is 31.7. The number of carbonyl (C=O) groups excluding carboxylic acids is 1. The quantitative estimate of drug-likeness (QED) is 0.554. The highest BCUT2D eigenvalue weighted by Gasteiger charge is 2.49. The smallest absolute Gasteiger partial charge is 0.278 e. The Bertz CT molecular complexity index is 1160. The zero-order chi connectivity index (χ0) is 23.3. The summed E-state index contributed by atoms with van der Waals surface area (Å²) in [6.07, 6.45) is 2.30. The lowest BCUT2D eigenvalue weighted by molar-refractivity contribution is -0.151. The number of benzene rings is 1. The summed E-state index contributed by atoms with van der Waals surface area (Å²) in [6, 6.07) is 5.79. The van der Waals surface area contributed by atoms with E-state index in [1.54, 1.807) is 19.9 Å². The molecule has 1 saturated carbocycles. The fourth-order valence-corrected chi connectivity index (χ4v) is 4.87. The Morgan fingerprint density at radius 3 is 2.76 bits per heavy atom. The number of halogens is 2. The molecule has 0 unspecified atom stereocenters. The third-order valence-corrected chi connectivity index (χ3v) is 6.80. The lowest BCUT2D eigenvalue weighted by Crippen LogP contribution is -2.33. The Morgan fingerprint density at radius 2 is 2.06 bits per heavy atom. The van der Waals surface area contributed by atoms with Crippen molar-refractivity contribution in [3.8, 4) is 0 Å². The Kier molecular flexibility index (Phi) is 5.80. The van der Waals surface area contributed by atoms with Crippen molar-refractivity contribution in [1.29, 1.82) is 0 Å². The van der Waals surface area contributed by atoms with Gasteiger partial charge in [0.15, 0.2) is 5.79 Å². The van der Waals surface area contributed by atoms with Crippen LogP contribution in [0.5, 0.6) is 0 Å². The number of carbonyl (C=O) groups is 1. The van der Waals surface area contributed by atoms with Gasteiger partial charge in [0.05, 0.1) is 35.8 Å². The zero-order valence-corrected chi connectivity index (χ0v) is 19.9. The number of ether oxygens (including phenoxy) is 2. The number of anilines is 2. The van der Waals surface area contributed by atoms with E-state index in [1.807, 2.05) is 0 Å². The van der Waals surface area contributed by atoms with Crippen molar-refractivity contribution < 1.29 is 23.5 Å². The highest BCUT2D eigenvalue weighted by Crippen LogP contribution is 2.45. The Labute approximate surface area is 198 Å². The Morgan fingerprint density at radius 1 is 1.27 bits per heavy atom. The molecule has 3 aliphatic rings. The van der Waals surface area contributed by atoms with Gasteiger partial charge in [-0.1, -0.05) is 22.4 Å². The Balaban J connectivity index is 1.53. The van der Waals surface area contributed by atoms with Crippen LogP contribution in [-0.4, -0.2) is 29.0 Å². The molecule has 1 amide bonds. The van der Waals surface area contributed by atoms with Crippen LogP contribution in [0.3, 0.4) is 0 Å². The molecule has 176 valence electrons.